The van der Waals surface area contributed by atoms with Crippen LogP contribution in [0.2, 0.25) is 0 Å². The van der Waals surface area contributed by atoms with E-state index in [4.69, 9.17) is 9.30 Å². The van der Waals surface area contributed by atoms with Gasteiger partial charge in [0.05, 0.1) is 11.0 Å². The Hall–Kier alpha value is -1.44. The van der Waals surface area contributed by atoms with Crippen molar-refractivity contribution in [3.8, 4) is 0 Å². The Labute approximate surface area is 164 Å². The molecular weight excluding hydrogens is 404 g/mol. The first-order valence-electron chi connectivity index (χ1n) is 6.68. The van der Waals surface area contributed by atoms with Gasteiger partial charge in [-0.15, -0.1) is 0 Å². The van der Waals surface area contributed by atoms with Gasteiger partial charge in [-0.2, -0.15) is 0 Å². The fourth-order valence-corrected chi connectivity index (χ4v) is 1.68. The summed E-state index contributed by atoms with van der Waals surface area (Å²) in [6.07, 6.45) is 3.60. The molecule has 0 fully saturated rings. The third-order valence-corrected chi connectivity index (χ3v) is 2.34. The minimum absolute atomic E-state index is 0. The van der Waals surface area contributed by atoms with E-state index in [1.807, 2.05) is 12.1 Å². The van der Waals surface area contributed by atoms with Gasteiger partial charge in [0, 0.05) is 23.2 Å². The summed E-state index contributed by atoms with van der Waals surface area (Å²) in [4.78, 5) is 8.69. The average molecular weight is 423 g/mol. The van der Waals surface area contributed by atoms with E-state index in [0.717, 1.165) is 27.7 Å². The molecule has 0 amide bonds. The van der Waals surface area contributed by atoms with E-state index in [0.29, 0.717) is 0 Å². The van der Waals surface area contributed by atoms with Crippen molar-refractivity contribution in [3.05, 3.63) is 62.1 Å². The first kappa shape index (κ1) is 27.4. The Morgan fingerprint density at radius 1 is 0.750 bits per heavy atom. The van der Waals surface area contributed by atoms with E-state index in [2.05, 4.69) is 68.3 Å². The Morgan fingerprint density at radius 3 is 1.33 bits per heavy atom. The van der Waals surface area contributed by atoms with Gasteiger partial charge in [0.25, 0.3) is 0 Å². The first-order chi connectivity index (χ1) is 10.7. The molecule has 2 heterocycles. The molecule has 3 rings (SSSR count). The van der Waals surface area contributed by atoms with E-state index in [9.17, 15) is 0 Å². The van der Waals surface area contributed by atoms with Crippen LogP contribution < -0.4 is 0 Å². The molecule has 0 bridgehead atoms. The Morgan fingerprint density at radius 2 is 1.04 bits per heavy atom. The molecule has 0 aliphatic rings. The second-order valence-corrected chi connectivity index (χ2v) is 4.95. The maximum absolute atomic E-state index is 7.50. The van der Waals surface area contributed by atoms with E-state index in [1.54, 1.807) is 12.4 Å². The quantitative estimate of drug-likeness (QED) is 0.137. The van der Waals surface area contributed by atoms with Gasteiger partial charge in [0.1, 0.15) is 0 Å². The molecule has 3 aromatic rings. The van der Waals surface area contributed by atoms with Gasteiger partial charge in [-0.25, -0.2) is 0 Å². The van der Waals surface area contributed by atoms with Crippen molar-refractivity contribution in [2.24, 2.45) is 5.92 Å². The van der Waals surface area contributed by atoms with Crippen LogP contribution in [0.25, 0.3) is 21.8 Å². The smallest absolute Gasteiger partial charge is 0.813 e. The number of nitrogens with zero attached hydrogens (tertiary/aromatic N) is 2. The number of pyridine rings is 2. The van der Waals surface area contributed by atoms with Crippen molar-refractivity contribution in [3.63, 3.8) is 0 Å². The topological polar surface area (TPSA) is 65.6 Å². The molecule has 2 aromatic heterocycles. The Bertz CT molecular complexity index is 682. The number of thiol groups is 1. The zero-order chi connectivity index (χ0) is 17.0. The fourth-order valence-electron chi connectivity index (χ4n) is 1.68. The average Bonchev–Trinajstić information content (AvgIpc) is 2.58. The van der Waals surface area contributed by atoms with Crippen LogP contribution in [0, 0.1) is 19.2 Å². The van der Waals surface area contributed by atoms with Crippen molar-refractivity contribution in [1.29, 1.82) is 0 Å². The summed E-state index contributed by atoms with van der Waals surface area (Å²) in [5.41, 5.74) is 1.95. The molecule has 0 saturated heterocycles. The molecule has 24 heavy (non-hydrogen) atoms. The van der Waals surface area contributed by atoms with Gasteiger partial charge in [-0.05, 0) is 18.1 Å². The van der Waals surface area contributed by atoms with E-state index < -0.39 is 0 Å². The molecule has 1 aromatic carbocycles. The van der Waals surface area contributed by atoms with Gasteiger partial charge in [-0.1, -0.05) is 45.0 Å². The molecule has 0 atom stereocenters. The second-order valence-electron chi connectivity index (χ2n) is 4.95. The van der Waals surface area contributed by atoms with Gasteiger partial charge >= 0.3 is 43.7 Å². The molecule has 0 aliphatic carbocycles. The molecule has 0 aliphatic heterocycles. The van der Waals surface area contributed by atoms with Gasteiger partial charge < -0.3 is 13.5 Å². The maximum Gasteiger partial charge on any atom is 2.00 e. The van der Waals surface area contributed by atoms with Crippen LogP contribution in [-0.2, 0) is 43.9 Å². The molecular formula is C18H19MoN2O2S+. The molecule has 6 heteroatoms. The van der Waals surface area contributed by atoms with Crippen molar-refractivity contribution < 1.29 is 30.4 Å². The summed E-state index contributed by atoms with van der Waals surface area (Å²) in [5, 5.41) is 2.28. The van der Waals surface area contributed by atoms with Crippen LogP contribution in [0.1, 0.15) is 20.8 Å². The summed E-state index contributed by atoms with van der Waals surface area (Å²) < 4.78 is 15.0. The third-order valence-electron chi connectivity index (χ3n) is 2.34. The van der Waals surface area contributed by atoms with Crippen LogP contribution in [0.15, 0.2) is 48.8 Å². The van der Waals surface area contributed by atoms with Gasteiger partial charge in [-0.3, -0.25) is 9.97 Å². The van der Waals surface area contributed by atoms with Crippen molar-refractivity contribution in [2.45, 2.75) is 20.8 Å². The number of benzene rings is 1. The van der Waals surface area contributed by atoms with Crippen LogP contribution in [0.5, 0.6) is 0 Å². The number of rotatable bonds is 0. The van der Waals surface area contributed by atoms with Crippen LogP contribution in [0.3, 0.4) is 0 Å². The Kier molecular flexibility index (Phi) is 18.7. The fraction of sp³-hybridized carbons (Fsp3) is 0.222. The number of hydrogen-bond acceptors (Lipinski definition) is 3. The standard InChI is InChI=1S/C12H8N2.C4H10.2CO.Mo.H2S/c1-3-9-5-6-10-4-2-8-14-12(10)11(9)13-7-1;1-4(2)3;2*1-2;;/h1-8H;4H,1-3H3;;;;1H2/q;;;;+2;/p-1. The maximum atomic E-state index is 7.50. The first-order valence-corrected chi connectivity index (χ1v) is 6.68. The summed E-state index contributed by atoms with van der Waals surface area (Å²) in [6, 6.07) is 12.1. The SMILES string of the molecule is CC(C)C.[C-]#[O+].[C-]#[O+].[Mo+2].[SH-].c1cnc2c(c1)ccc1cccnc12. The summed E-state index contributed by atoms with van der Waals surface area (Å²) >= 11 is 0. The monoisotopic (exact) mass is 425 g/mol. The predicted molar refractivity (Wildman–Crippen MR) is 94.2 cm³/mol. The largest absolute Gasteiger partial charge is 2.00 e. The normalized spacial score (nSPS) is 8.00. The van der Waals surface area contributed by atoms with E-state index in [-0.39, 0.29) is 34.6 Å². The molecule has 0 spiro atoms. The van der Waals surface area contributed by atoms with Gasteiger partial charge in [0.2, 0.25) is 0 Å². The van der Waals surface area contributed by atoms with Gasteiger partial charge in [0.15, 0.2) is 0 Å². The van der Waals surface area contributed by atoms with Crippen LogP contribution in [0.4, 0.5) is 0 Å². The third kappa shape index (κ3) is 9.00. The number of aromatic nitrogens is 2. The predicted octanol–water partition coefficient (Wildman–Crippen LogP) is 4.10. The molecule has 0 radical (unpaired) electrons. The van der Waals surface area contributed by atoms with Crippen molar-refractivity contribution in [2.75, 3.05) is 0 Å². The summed E-state index contributed by atoms with van der Waals surface area (Å²) in [5.74, 6) is 0.833. The number of fused-ring (bicyclic) bond motifs is 3. The minimum Gasteiger partial charge on any atom is -0.813 e. The molecule has 0 saturated carbocycles. The zero-order valence-electron chi connectivity index (χ0n) is 13.8. The van der Waals surface area contributed by atoms with Crippen molar-refractivity contribution in [1.82, 2.24) is 9.97 Å². The summed E-state index contributed by atoms with van der Waals surface area (Å²) in [7, 11) is 0. The van der Waals surface area contributed by atoms with Crippen LogP contribution >= 0.6 is 0 Å². The van der Waals surface area contributed by atoms with E-state index in [1.165, 1.54) is 0 Å². The number of hydrogen-bond donors (Lipinski definition) is 0. The molecule has 0 N–H and O–H groups in total. The Balaban J connectivity index is -0.000000387. The minimum atomic E-state index is 0. The molecule has 4 nitrogen and oxygen atoms in total. The zero-order valence-corrected chi connectivity index (χ0v) is 16.7. The summed E-state index contributed by atoms with van der Waals surface area (Å²) in [6.45, 7) is 15.5. The molecule has 0 unspecified atom stereocenters. The van der Waals surface area contributed by atoms with Crippen LogP contribution in [-0.4, -0.2) is 9.97 Å². The van der Waals surface area contributed by atoms with Crippen molar-refractivity contribution >= 4 is 35.3 Å². The molecule has 124 valence electrons. The second kappa shape index (κ2) is 16.4. The van der Waals surface area contributed by atoms with E-state index >= 15 is 0 Å².